The van der Waals surface area contributed by atoms with Gasteiger partial charge in [-0.2, -0.15) is 0 Å². The fourth-order valence-corrected chi connectivity index (χ4v) is 1.43. The van der Waals surface area contributed by atoms with Crippen molar-refractivity contribution in [1.82, 2.24) is 0 Å². The van der Waals surface area contributed by atoms with E-state index in [1.807, 2.05) is 0 Å². The van der Waals surface area contributed by atoms with Crippen LogP contribution in [0.1, 0.15) is 0 Å². The summed E-state index contributed by atoms with van der Waals surface area (Å²) in [7, 11) is -4.60. The Labute approximate surface area is 79.5 Å². The second-order valence-corrected chi connectivity index (χ2v) is 4.15. The summed E-state index contributed by atoms with van der Waals surface area (Å²) in [6.07, 6.45) is -4.69. The maximum absolute atomic E-state index is 10.3. The van der Waals surface area contributed by atoms with Crippen LogP contribution in [0.5, 0.6) is 0 Å². The van der Waals surface area contributed by atoms with Crippen molar-refractivity contribution < 1.29 is 33.8 Å². The van der Waals surface area contributed by atoms with E-state index in [-0.39, 0.29) is 0 Å². The van der Waals surface area contributed by atoms with Crippen molar-refractivity contribution in [2.24, 2.45) is 5.73 Å². The summed E-state index contributed by atoms with van der Waals surface area (Å²) in [5.41, 5.74) is 5.22. The lowest BCUT2D eigenvalue weighted by Gasteiger charge is -2.14. The van der Waals surface area contributed by atoms with E-state index in [0.29, 0.717) is 0 Å². The summed E-state index contributed by atoms with van der Waals surface area (Å²) in [6, 6.07) is 0. The Morgan fingerprint density at radius 1 is 1.36 bits per heavy atom. The Balaban J connectivity index is 2.44. The monoisotopic (exact) mass is 229 g/mol. The van der Waals surface area contributed by atoms with Gasteiger partial charge in [0.2, 0.25) is 0 Å². The standard InChI is InChI=1S/C5H12NO7P/c6-5-4(8)3(7)2(13-5)1-12-14(9,10)11/h2-5,7-8H,1,6H2,(H2,9,10,11)/t2-,3-,4-,5-/m1/s1. The highest BCUT2D eigenvalue weighted by Crippen LogP contribution is 2.36. The summed E-state index contributed by atoms with van der Waals surface area (Å²) in [5.74, 6) is 0. The van der Waals surface area contributed by atoms with Crippen molar-refractivity contribution in [2.75, 3.05) is 6.61 Å². The Morgan fingerprint density at radius 2 is 1.93 bits per heavy atom. The van der Waals surface area contributed by atoms with Crippen LogP contribution in [-0.2, 0) is 13.8 Å². The fourth-order valence-electron chi connectivity index (χ4n) is 1.09. The van der Waals surface area contributed by atoms with Crippen LogP contribution in [-0.4, -0.2) is 51.1 Å². The van der Waals surface area contributed by atoms with E-state index in [1.165, 1.54) is 0 Å². The number of hydrogen-bond donors (Lipinski definition) is 5. The zero-order valence-corrected chi connectivity index (χ0v) is 7.95. The second-order valence-electron chi connectivity index (χ2n) is 2.91. The highest BCUT2D eigenvalue weighted by Gasteiger charge is 2.41. The van der Waals surface area contributed by atoms with Crippen LogP contribution in [0.15, 0.2) is 0 Å². The summed E-state index contributed by atoms with van der Waals surface area (Å²) in [4.78, 5) is 16.7. The number of rotatable bonds is 3. The minimum Gasteiger partial charge on any atom is -0.387 e. The first-order chi connectivity index (χ1) is 6.31. The largest absolute Gasteiger partial charge is 0.469 e. The topological polar surface area (TPSA) is 142 Å². The van der Waals surface area contributed by atoms with Gasteiger partial charge < -0.3 is 30.5 Å². The molecule has 0 aromatic carbocycles. The molecule has 0 bridgehead atoms. The van der Waals surface area contributed by atoms with Crippen molar-refractivity contribution in [3.63, 3.8) is 0 Å². The SMILES string of the molecule is N[C@@H]1O[C@H](COP(=O)(O)O)[C@@H](O)[C@H]1O. The number of aliphatic hydroxyl groups excluding tert-OH is 2. The molecule has 1 heterocycles. The predicted molar refractivity (Wildman–Crippen MR) is 42.9 cm³/mol. The van der Waals surface area contributed by atoms with Crippen LogP contribution >= 0.6 is 7.82 Å². The fraction of sp³-hybridized carbons (Fsp3) is 1.00. The summed E-state index contributed by atoms with van der Waals surface area (Å²) in [5, 5.41) is 18.4. The Kier molecular flexibility index (Phi) is 3.62. The van der Waals surface area contributed by atoms with Gasteiger partial charge in [-0.15, -0.1) is 0 Å². The lowest BCUT2D eigenvalue weighted by Crippen LogP contribution is -2.37. The van der Waals surface area contributed by atoms with Crippen LogP contribution < -0.4 is 5.73 Å². The van der Waals surface area contributed by atoms with Gasteiger partial charge in [0, 0.05) is 0 Å². The summed E-state index contributed by atoms with van der Waals surface area (Å²) >= 11 is 0. The quantitative estimate of drug-likeness (QED) is 0.334. The van der Waals surface area contributed by atoms with Gasteiger partial charge in [-0.3, -0.25) is 4.52 Å². The van der Waals surface area contributed by atoms with Crippen molar-refractivity contribution in [2.45, 2.75) is 24.5 Å². The number of hydrogen-bond acceptors (Lipinski definition) is 6. The molecule has 0 unspecified atom stereocenters. The van der Waals surface area contributed by atoms with E-state index < -0.39 is 39.0 Å². The molecule has 0 amide bonds. The molecule has 1 fully saturated rings. The third kappa shape index (κ3) is 2.97. The van der Waals surface area contributed by atoms with Gasteiger partial charge in [0.25, 0.3) is 0 Å². The lowest BCUT2D eigenvalue weighted by molar-refractivity contribution is -0.0197. The molecule has 1 aliphatic heterocycles. The number of phosphoric acid groups is 1. The number of aliphatic hydroxyl groups is 2. The predicted octanol–water partition coefficient (Wildman–Crippen LogP) is -2.50. The van der Waals surface area contributed by atoms with Gasteiger partial charge >= 0.3 is 7.82 Å². The number of phosphoric ester groups is 1. The third-order valence-corrected chi connectivity index (χ3v) is 2.29. The molecule has 0 saturated carbocycles. The molecule has 0 aromatic rings. The Bertz CT molecular complexity index is 242. The van der Waals surface area contributed by atoms with E-state index in [9.17, 15) is 9.67 Å². The minimum atomic E-state index is -4.60. The third-order valence-electron chi connectivity index (χ3n) is 1.81. The van der Waals surface area contributed by atoms with Crippen LogP contribution in [0.2, 0.25) is 0 Å². The normalized spacial score (nSPS) is 38.9. The molecule has 6 N–H and O–H groups in total. The van der Waals surface area contributed by atoms with Gasteiger partial charge in [0.05, 0.1) is 6.61 Å². The van der Waals surface area contributed by atoms with E-state index in [1.54, 1.807) is 0 Å². The van der Waals surface area contributed by atoms with E-state index in [2.05, 4.69) is 4.52 Å². The molecule has 0 aromatic heterocycles. The summed E-state index contributed by atoms with van der Waals surface area (Å²) < 4.78 is 19.2. The molecular weight excluding hydrogens is 217 g/mol. The maximum Gasteiger partial charge on any atom is 0.469 e. The van der Waals surface area contributed by atoms with Crippen LogP contribution in [0, 0.1) is 0 Å². The summed E-state index contributed by atoms with van der Waals surface area (Å²) in [6.45, 7) is -0.532. The van der Waals surface area contributed by atoms with Gasteiger partial charge in [0.1, 0.15) is 24.5 Å². The van der Waals surface area contributed by atoms with Crippen LogP contribution in [0.3, 0.4) is 0 Å². The highest BCUT2D eigenvalue weighted by atomic mass is 31.2. The molecular formula is C5H12NO7P. The van der Waals surface area contributed by atoms with Crippen molar-refractivity contribution in [3.05, 3.63) is 0 Å². The molecule has 1 aliphatic rings. The Morgan fingerprint density at radius 3 is 2.29 bits per heavy atom. The molecule has 8 nitrogen and oxygen atoms in total. The molecule has 14 heavy (non-hydrogen) atoms. The smallest absolute Gasteiger partial charge is 0.387 e. The van der Waals surface area contributed by atoms with Crippen molar-refractivity contribution >= 4 is 7.82 Å². The number of ether oxygens (including phenoxy) is 1. The average molecular weight is 229 g/mol. The van der Waals surface area contributed by atoms with Gasteiger partial charge in [-0.1, -0.05) is 0 Å². The zero-order chi connectivity index (χ0) is 10.9. The maximum atomic E-state index is 10.3. The Hall–Kier alpha value is -0.0500. The molecule has 0 radical (unpaired) electrons. The van der Waals surface area contributed by atoms with E-state index in [0.717, 1.165) is 0 Å². The van der Waals surface area contributed by atoms with Gasteiger partial charge in [-0.05, 0) is 0 Å². The molecule has 1 saturated heterocycles. The molecule has 0 spiro atoms. The van der Waals surface area contributed by atoms with E-state index >= 15 is 0 Å². The van der Waals surface area contributed by atoms with E-state index in [4.69, 9.17) is 25.4 Å². The van der Waals surface area contributed by atoms with Crippen LogP contribution in [0.25, 0.3) is 0 Å². The highest BCUT2D eigenvalue weighted by molar-refractivity contribution is 7.46. The molecule has 84 valence electrons. The van der Waals surface area contributed by atoms with Crippen LogP contribution in [0.4, 0.5) is 0 Å². The van der Waals surface area contributed by atoms with Gasteiger partial charge in [0.15, 0.2) is 0 Å². The molecule has 0 aliphatic carbocycles. The average Bonchev–Trinajstić information content (AvgIpc) is 2.28. The molecule has 1 rings (SSSR count). The first kappa shape index (κ1) is 12.0. The lowest BCUT2D eigenvalue weighted by atomic mass is 10.1. The molecule has 9 heteroatoms. The van der Waals surface area contributed by atoms with Gasteiger partial charge in [-0.25, -0.2) is 4.57 Å². The zero-order valence-electron chi connectivity index (χ0n) is 7.05. The minimum absolute atomic E-state index is 0.532. The number of nitrogens with two attached hydrogens (primary N) is 1. The van der Waals surface area contributed by atoms with Crippen molar-refractivity contribution in [3.8, 4) is 0 Å². The second kappa shape index (κ2) is 4.21. The first-order valence-electron chi connectivity index (χ1n) is 3.78. The first-order valence-corrected chi connectivity index (χ1v) is 5.31. The van der Waals surface area contributed by atoms with Crippen molar-refractivity contribution in [1.29, 1.82) is 0 Å². The molecule has 4 atom stereocenters.